The average molecular weight is 843 g/mol. The van der Waals surface area contributed by atoms with E-state index in [4.69, 9.17) is 15.2 Å². The number of benzene rings is 3. The van der Waals surface area contributed by atoms with Gasteiger partial charge in [-0.2, -0.15) is 0 Å². The van der Waals surface area contributed by atoms with Crippen molar-refractivity contribution in [3.8, 4) is 5.75 Å². The summed E-state index contributed by atoms with van der Waals surface area (Å²) >= 11 is 0. The fourth-order valence-electron chi connectivity index (χ4n) is 6.27. The quantitative estimate of drug-likeness (QED) is 0.0553. The van der Waals surface area contributed by atoms with Crippen LogP contribution in [-0.4, -0.2) is 95.2 Å². The predicted molar refractivity (Wildman–Crippen MR) is 226 cm³/mol. The minimum absolute atomic E-state index is 0.00238. The number of nitrogens with two attached hydrogens (primary N) is 1. The van der Waals surface area contributed by atoms with Crippen LogP contribution >= 0.6 is 0 Å². The second-order valence-corrected chi connectivity index (χ2v) is 15.2. The molecule has 0 aliphatic rings. The number of aromatic amines is 1. The highest BCUT2D eigenvalue weighted by molar-refractivity contribution is 5.97. The summed E-state index contributed by atoms with van der Waals surface area (Å²) in [5.74, 6) is -4.44. The number of H-pyrrole nitrogens is 1. The molecule has 0 aliphatic carbocycles. The molecule has 3 aromatic carbocycles. The van der Waals surface area contributed by atoms with Gasteiger partial charge < -0.3 is 57.2 Å². The van der Waals surface area contributed by atoms with Crippen LogP contribution in [0, 0.1) is 0 Å². The van der Waals surface area contributed by atoms with E-state index < -0.39 is 77.9 Å². The summed E-state index contributed by atoms with van der Waals surface area (Å²) in [7, 11) is 1.50. The first-order chi connectivity index (χ1) is 29.0. The molecule has 10 N–H and O–H groups in total. The molecule has 7 amide bonds. The first-order valence-corrected chi connectivity index (χ1v) is 19.7. The maximum Gasteiger partial charge on any atom is 0.408 e. The Kier molecular flexibility index (Phi) is 17.0. The summed E-state index contributed by atoms with van der Waals surface area (Å²) in [4.78, 5) is 94.7. The van der Waals surface area contributed by atoms with E-state index in [0.29, 0.717) is 29.0 Å². The first-order valence-electron chi connectivity index (χ1n) is 19.7. The van der Waals surface area contributed by atoms with Gasteiger partial charge in [-0.25, -0.2) is 9.59 Å². The van der Waals surface area contributed by atoms with Crippen LogP contribution in [-0.2, 0) is 41.6 Å². The lowest BCUT2D eigenvalue weighted by atomic mass is 10.0. The van der Waals surface area contributed by atoms with Gasteiger partial charge in [0.1, 0.15) is 35.5 Å². The number of ether oxygens (including phenoxy) is 2. The normalized spacial score (nSPS) is 13.0. The van der Waals surface area contributed by atoms with Crippen molar-refractivity contribution in [2.24, 2.45) is 5.73 Å². The smallest absolute Gasteiger partial charge is 0.408 e. The zero-order valence-corrected chi connectivity index (χ0v) is 34.5. The number of methoxy groups -OCH3 is 1. The number of aliphatic carboxylic acids is 1. The molecule has 4 rings (SSSR count). The molecule has 0 radical (unpaired) electrons. The lowest BCUT2D eigenvalue weighted by Gasteiger charge is -2.27. The largest absolute Gasteiger partial charge is 0.497 e. The second kappa shape index (κ2) is 22.3. The second-order valence-electron chi connectivity index (χ2n) is 15.2. The van der Waals surface area contributed by atoms with E-state index in [1.54, 1.807) is 81.6 Å². The lowest BCUT2D eigenvalue weighted by molar-refractivity contribution is -0.141. The van der Waals surface area contributed by atoms with Crippen LogP contribution in [0.5, 0.6) is 5.75 Å². The highest BCUT2D eigenvalue weighted by Crippen LogP contribution is 2.20. The number of rotatable bonds is 21. The molecule has 0 bridgehead atoms. The van der Waals surface area contributed by atoms with Crippen LogP contribution in [0.1, 0.15) is 57.6 Å². The number of anilines is 1. The Morgan fingerprint density at radius 2 is 1.41 bits per heavy atom. The molecular formula is C43H54N8O10. The summed E-state index contributed by atoms with van der Waals surface area (Å²) in [6, 6.07) is 16.8. The van der Waals surface area contributed by atoms with Gasteiger partial charge in [0.2, 0.25) is 23.6 Å². The molecule has 0 saturated heterocycles. The summed E-state index contributed by atoms with van der Waals surface area (Å²) in [5, 5.41) is 26.1. The van der Waals surface area contributed by atoms with Gasteiger partial charge in [-0.1, -0.05) is 54.6 Å². The number of alkyl carbamates (subject to hydrolysis) is 1. The minimum atomic E-state index is -1.69. The van der Waals surface area contributed by atoms with E-state index in [1.807, 2.05) is 24.3 Å². The van der Waals surface area contributed by atoms with Gasteiger partial charge in [0.05, 0.1) is 13.5 Å². The van der Waals surface area contributed by atoms with Crippen molar-refractivity contribution in [2.75, 3.05) is 19.0 Å². The number of carbonyl (C=O) groups is 7. The number of carboxylic acids is 1. The van der Waals surface area contributed by atoms with Gasteiger partial charge >= 0.3 is 18.1 Å². The average Bonchev–Trinajstić information content (AvgIpc) is 3.61. The third-order valence-electron chi connectivity index (χ3n) is 9.23. The number of carbonyl (C=O) groups excluding carboxylic acids is 6. The number of hydrogen-bond donors (Lipinski definition) is 9. The molecule has 3 unspecified atom stereocenters. The summed E-state index contributed by atoms with van der Waals surface area (Å²) in [5.41, 5.74) is 7.33. The number of para-hydroxylation sites is 1. The number of amides is 7. The number of fused-ring (bicyclic) bond motifs is 1. The number of carboxylic acid groups (broad SMARTS) is 1. The van der Waals surface area contributed by atoms with Crippen molar-refractivity contribution in [3.05, 3.63) is 96.2 Å². The fraction of sp³-hybridized carbons (Fsp3) is 0.372. The van der Waals surface area contributed by atoms with E-state index in [9.17, 15) is 38.7 Å². The Bertz CT molecular complexity index is 2150. The van der Waals surface area contributed by atoms with Gasteiger partial charge in [-0.3, -0.25) is 24.0 Å². The Balaban J connectivity index is 1.53. The van der Waals surface area contributed by atoms with Crippen LogP contribution < -0.4 is 42.4 Å². The first kappa shape index (κ1) is 46.6. The Morgan fingerprint density at radius 3 is 2.10 bits per heavy atom. The molecule has 18 heteroatoms. The minimum Gasteiger partial charge on any atom is -0.497 e. The monoisotopic (exact) mass is 842 g/mol. The molecule has 0 aliphatic heterocycles. The van der Waals surface area contributed by atoms with Crippen molar-refractivity contribution in [1.82, 2.24) is 31.6 Å². The van der Waals surface area contributed by atoms with Gasteiger partial charge in [-0.15, -0.1) is 0 Å². The van der Waals surface area contributed by atoms with Crippen molar-refractivity contribution in [3.63, 3.8) is 0 Å². The molecule has 0 fully saturated rings. The highest BCUT2D eigenvalue weighted by atomic mass is 16.6. The third-order valence-corrected chi connectivity index (χ3v) is 9.23. The number of primary amides is 1. The fourth-order valence-corrected chi connectivity index (χ4v) is 6.27. The molecule has 18 nitrogen and oxygen atoms in total. The van der Waals surface area contributed by atoms with E-state index in [1.165, 1.54) is 7.11 Å². The van der Waals surface area contributed by atoms with Gasteiger partial charge in [0.15, 0.2) is 0 Å². The van der Waals surface area contributed by atoms with E-state index in [0.717, 1.165) is 10.9 Å². The molecular weight excluding hydrogens is 789 g/mol. The van der Waals surface area contributed by atoms with Crippen molar-refractivity contribution in [1.29, 1.82) is 0 Å². The Morgan fingerprint density at radius 1 is 0.754 bits per heavy atom. The molecule has 1 aromatic heterocycles. The van der Waals surface area contributed by atoms with Gasteiger partial charge in [0.25, 0.3) is 0 Å². The van der Waals surface area contributed by atoms with Gasteiger partial charge in [0, 0.05) is 48.2 Å². The van der Waals surface area contributed by atoms with E-state index >= 15 is 0 Å². The highest BCUT2D eigenvalue weighted by Gasteiger charge is 2.33. The zero-order valence-electron chi connectivity index (χ0n) is 34.5. The molecule has 0 saturated carbocycles. The van der Waals surface area contributed by atoms with Crippen LogP contribution in [0.2, 0.25) is 0 Å². The number of unbranched alkanes of at least 4 members (excludes halogenated alkanes) is 1. The lowest BCUT2D eigenvalue weighted by Crippen LogP contribution is -2.59. The zero-order chi connectivity index (χ0) is 44.5. The standard InChI is InChI=1S/C43H54N8O10/c1-43(2,3)61-42(59)51-34(22-27-25-46-31-18-9-8-17-30(27)31)39(56)48-32(19-10-11-20-45-41(58)47-28-15-12-16-29(23-28)60-4)38(55)50-35(24-36(52)53)40(57)49-33(37(44)54)21-26-13-6-5-7-14-26/h5-9,12-18,23,25,32-35,46H,10-11,19-22,24H2,1-4H3,(H2,44,54)(H,48,56)(H,49,57)(H,50,55)(H,51,59)(H,52,53)(H2,45,47,58)/t32-,33?,34?,35?/m0/s1. The van der Waals surface area contributed by atoms with Crippen molar-refractivity contribution < 1.29 is 48.1 Å². The van der Waals surface area contributed by atoms with Crippen molar-refractivity contribution in [2.45, 2.75) is 89.1 Å². The van der Waals surface area contributed by atoms with Crippen LogP contribution in [0.3, 0.4) is 0 Å². The summed E-state index contributed by atoms with van der Waals surface area (Å²) in [6.45, 7) is 5.16. The Hall–Kier alpha value is -7.11. The molecule has 61 heavy (non-hydrogen) atoms. The number of urea groups is 1. The molecule has 326 valence electrons. The number of nitrogens with one attached hydrogen (secondary N) is 7. The maximum absolute atomic E-state index is 14.1. The number of aromatic nitrogens is 1. The van der Waals surface area contributed by atoms with Crippen LogP contribution in [0.4, 0.5) is 15.3 Å². The SMILES string of the molecule is COc1cccc(NC(=O)NCCCC[C@H](NC(=O)C(Cc2c[nH]c3ccccc23)NC(=O)OC(C)(C)C)C(=O)NC(CC(=O)O)C(=O)NC(Cc2ccccc2)C(N)=O)c1. The molecule has 4 aromatic rings. The van der Waals surface area contributed by atoms with Gasteiger partial charge in [-0.05, 0) is 69.4 Å². The summed E-state index contributed by atoms with van der Waals surface area (Å²) in [6.07, 6.45) is 0.477. The Labute approximate surface area is 353 Å². The topological polar surface area (TPSA) is 272 Å². The summed E-state index contributed by atoms with van der Waals surface area (Å²) < 4.78 is 10.6. The molecule has 4 atom stereocenters. The van der Waals surface area contributed by atoms with Crippen molar-refractivity contribution >= 4 is 58.3 Å². The molecule has 0 spiro atoms. The van der Waals surface area contributed by atoms with E-state index in [-0.39, 0.29) is 32.2 Å². The van der Waals surface area contributed by atoms with Crippen LogP contribution in [0.25, 0.3) is 10.9 Å². The van der Waals surface area contributed by atoms with E-state index in [2.05, 4.69) is 36.9 Å². The number of hydrogen-bond acceptors (Lipinski definition) is 9. The molecule has 1 heterocycles. The maximum atomic E-state index is 14.1. The predicted octanol–water partition coefficient (Wildman–Crippen LogP) is 3.26. The third kappa shape index (κ3) is 15.5. The van der Waals surface area contributed by atoms with Crippen LogP contribution in [0.15, 0.2) is 85.1 Å².